The summed E-state index contributed by atoms with van der Waals surface area (Å²) < 4.78 is 30.3. The van der Waals surface area contributed by atoms with Crippen molar-refractivity contribution in [2.45, 2.75) is 32.3 Å². The fraction of sp³-hybridized carbons (Fsp3) is 0.320. The highest BCUT2D eigenvalue weighted by atomic mass is 19.1. The molecule has 162 valence electrons. The number of carbonyl (C=O) groups excluding carboxylic acids is 1. The van der Waals surface area contributed by atoms with Crippen LogP contribution in [0, 0.1) is 5.82 Å². The molecule has 0 aromatic heterocycles. The van der Waals surface area contributed by atoms with Crippen molar-refractivity contribution in [1.82, 2.24) is 4.90 Å². The molecule has 0 bridgehead atoms. The van der Waals surface area contributed by atoms with Crippen molar-refractivity contribution in [2.24, 2.45) is 0 Å². The number of halogens is 1. The molecule has 1 aliphatic carbocycles. The van der Waals surface area contributed by atoms with Crippen molar-refractivity contribution in [3.63, 3.8) is 0 Å². The quantitative estimate of drug-likeness (QED) is 0.700. The first kappa shape index (κ1) is 21.3. The van der Waals surface area contributed by atoms with Gasteiger partial charge in [0.1, 0.15) is 18.2 Å². The third-order valence-corrected chi connectivity index (χ3v) is 5.40. The van der Waals surface area contributed by atoms with Crippen molar-refractivity contribution in [3.05, 3.63) is 88.8 Å². The molecule has 1 atom stereocenters. The van der Waals surface area contributed by atoms with E-state index < -0.39 is 0 Å². The Morgan fingerprint density at radius 2 is 2.03 bits per heavy atom. The Hall–Kier alpha value is -2.96. The lowest BCUT2D eigenvalue weighted by Gasteiger charge is -2.23. The maximum atomic E-state index is 13.3. The Morgan fingerprint density at radius 3 is 2.84 bits per heavy atom. The van der Waals surface area contributed by atoms with Crippen LogP contribution in [0.25, 0.3) is 0 Å². The Morgan fingerprint density at radius 1 is 1.19 bits per heavy atom. The third kappa shape index (κ3) is 5.40. The van der Waals surface area contributed by atoms with Gasteiger partial charge in [-0.1, -0.05) is 30.4 Å². The first-order chi connectivity index (χ1) is 15.1. The maximum absolute atomic E-state index is 13.3. The highest BCUT2D eigenvalue weighted by Crippen LogP contribution is 2.26. The van der Waals surface area contributed by atoms with Crippen LogP contribution in [-0.2, 0) is 34.0 Å². The summed E-state index contributed by atoms with van der Waals surface area (Å²) in [7, 11) is 1.65. The van der Waals surface area contributed by atoms with Crippen LogP contribution in [0.5, 0.6) is 5.75 Å². The number of hydrogen-bond acceptors (Lipinski definition) is 4. The van der Waals surface area contributed by atoms with E-state index in [1.54, 1.807) is 18.1 Å². The fourth-order valence-corrected chi connectivity index (χ4v) is 3.77. The van der Waals surface area contributed by atoms with Gasteiger partial charge in [-0.05, 0) is 47.9 Å². The largest absolute Gasteiger partial charge is 0.491 e. The number of benzene rings is 2. The molecule has 2 aromatic carbocycles. The zero-order valence-corrected chi connectivity index (χ0v) is 17.6. The molecule has 0 spiro atoms. The average Bonchev–Trinajstić information content (AvgIpc) is 3.01. The summed E-state index contributed by atoms with van der Waals surface area (Å²) in [6, 6.07) is 12.3. The monoisotopic (exact) mass is 423 g/mol. The molecule has 1 amide bonds. The van der Waals surface area contributed by atoms with E-state index >= 15 is 0 Å². The SMILES string of the molecule is COC1C=C(C(=O)N2CCOc3ccc(COCc4cccc(F)c4)cc3C2)C=CC1. The van der Waals surface area contributed by atoms with Crippen molar-refractivity contribution >= 4 is 5.91 Å². The minimum Gasteiger partial charge on any atom is -0.491 e. The molecule has 2 aliphatic rings. The smallest absolute Gasteiger partial charge is 0.254 e. The Labute approximate surface area is 181 Å². The maximum Gasteiger partial charge on any atom is 0.254 e. The summed E-state index contributed by atoms with van der Waals surface area (Å²) in [5.41, 5.74) is 3.36. The lowest BCUT2D eigenvalue weighted by atomic mass is 10.0. The second kappa shape index (κ2) is 9.90. The molecular formula is C25H26FNO4. The second-order valence-corrected chi connectivity index (χ2v) is 7.67. The molecule has 1 unspecified atom stereocenters. The van der Waals surface area contributed by atoms with E-state index in [0.29, 0.717) is 38.5 Å². The van der Waals surface area contributed by atoms with Gasteiger partial charge in [0.2, 0.25) is 0 Å². The summed E-state index contributed by atoms with van der Waals surface area (Å²) in [5, 5.41) is 0. The summed E-state index contributed by atoms with van der Waals surface area (Å²) in [6.45, 7) is 2.15. The zero-order valence-electron chi connectivity index (χ0n) is 17.6. The average molecular weight is 423 g/mol. The number of amides is 1. The third-order valence-electron chi connectivity index (χ3n) is 5.40. The van der Waals surface area contributed by atoms with Crippen LogP contribution < -0.4 is 4.74 Å². The topological polar surface area (TPSA) is 48.0 Å². The van der Waals surface area contributed by atoms with E-state index in [2.05, 4.69) is 0 Å². The molecule has 0 radical (unpaired) electrons. The van der Waals surface area contributed by atoms with Gasteiger partial charge in [-0.3, -0.25) is 4.79 Å². The van der Waals surface area contributed by atoms with Gasteiger partial charge in [-0.15, -0.1) is 0 Å². The summed E-state index contributed by atoms with van der Waals surface area (Å²) in [4.78, 5) is 14.9. The summed E-state index contributed by atoms with van der Waals surface area (Å²) in [6.07, 6.45) is 6.42. The van der Waals surface area contributed by atoms with E-state index in [9.17, 15) is 9.18 Å². The van der Waals surface area contributed by atoms with Crippen molar-refractivity contribution in [1.29, 1.82) is 0 Å². The molecule has 0 N–H and O–H groups in total. The van der Waals surface area contributed by atoms with Crippen LogP contribution in [0.2, 0.25) is 0 Å². The molecule has 1 heterocycles. The van der Waals surface area contributed by atoms with Gasteiger partial charge in [0.25, 0.3) is 5.91 Å². The first-order valence-corrected chi connectivity index (χ1v) is 10.4. The van der Waals surface area contributed by atoms with Crippen LogP contribution >= 0.6 is 0 Å². The second-order valence-electron chi connectivity index (χ2n) is 7.67. The number of rotatable bonds is 6. The normalized spacial score (nSPS) is 18.1. The molecule has 6 heteroatoms. The summed E-state index contributed by atoms with van der Waals surface area (Å²) >= 11 is 0. The number of nitrogens with zero attached hydrogens (tertiary/aromatic N) is 1. The molecule has 5 nitrogen and oxygen atoms in total. The molecule has 1 aliphatic heterocycles. The number of carbonyl (C=O) groups is 1. The Kier molecular flexibility index (Phi) is 6.79. The van der Waals surface area contributed by atoms with Gasteiger partial charge in [-0.25, -0.2) is 4.39 Å². The van der Waals surface area contributed by atoms with E-state index in [4.69, 9.17) is 14.2 Å². The highest BCUT2D eigenvalue weighted by molar-refractivity contribution is 5.96. The van der Waals surface area contributed by atoms with E-state index in [-0.39, 0.29) is 17.8 Å². The van der Waals surface area contributed by atoms with Gasteiger partial charge < -0.3 is 19.1 Å². The van der Waals surface area contributed by atoms with Crippen molar-refractivity contribution < 1.29 is 23.4 Å². The Bertz CT molecular complexity index is 1000. The van der Waals surface area contributed by atoms with Crippen LogP contribution in [-0.4, -0.2) is 37.2 Å². The Balaban J connectivity index is 1.42. The minimum atomic E-state index is -0.271. The minimum absolute atomic E-state index is 0.0257. The first-order valence-electron chi connectivity index (χ1n) is 10.4. The molecule has 0 fully saturated rings. The van der Waals surface area contributed by atoms with Gasteiger partial charge in [-0.2, -0.15) is 0 Å². The molecule has 0 saturated heterocycles. The molecular weight excluding hydrogens is 397 g/mol. The predicted octanol–water partition coefficient (Wildman–Crippen LogP) is 4.16. The van der Waals surface area contributed by atoms with E-state index in [1.165, 1.54) is 12.1 Å². The molecule has 0 saturated carbocycles. The van der Waals surface area contributed by atoms with Crippen LogP contribution in [0.4, 0.5) is 4.39 Å². The van der Waals surface area contributed by atoms with Crippen LogP contribution in [0.15, 0.2) is 66.3 Å². The standard InChI is InChI=1S/C25H26FNO4/c1-29-23-7-3-5-20(14-23)25(28)27-10-11-31-24-9-8-19(12-21(24)15-27)17-30-16-18-4-2-6-22(26)13-18/h2-6,8-9,12-14,23H,7,10-11,15-17H2,1H3. The number of ether oxygens (including phenoxy) is 3. The zero-order chi connectivity index (χ0) is 21.6. The van der Waals surface area contributed by atoms with E-state index in [0.717, 1.165) is 28.9 Å². The number of hydrogen-bond donors (Lipinski definition) is 0. The van der Waals surface area contributed by atoms with Crippen LogP contribution in [0.1, 0.15) is 23.1 Å². The highest BCUT2D eigenvalue weighted by Gasteiger charge is 2.23. The molecule has 31 heavy (non-hydrogen) atoms. The van der Waals surface area contributed by atoms with E-state index in [1.807, 2.05) is 42.5 Å². The van der Waals surface area contributed by atoms with Crippen molar-refractivity contribution in [3.8, 4) is 5.75 Å². The summed E-state index contributed by atoms with van der Waals surface area (Å²) in [5.74, 6) is 0.488. The molecule has 2 aromatic rings. The number of fused-ring (bicyclic) bond motifs is 1. The van der Waals surface area contributed by atoms with Gasteiger partial charge in [0, 0.05) is 24.8 Å². The lowest BCUT2D eigenvalue weighted by molar-refractivity contribution is -0.127. The van der Waals surface area contributed by atoms with Gasteiger partial charge >= 0.3 is 0 Å². The molecule has 4 rings (SSSR count). The van der Waals surface area contributed by atoms with Crippen LogP contribution in [0.3, 0.4) is 0 Å². The number of methoxy groups -OCH3 is 1. The van der Waals surface area contributed by atoms with Gasteiger partial charge in [0.05, 0.1) is 25.9 Å². The predicted molar refractivity (Wildman–Crippen MR) is 115 cm³/mol. The lowest BCUT2D eigenvalue weighted by Crippen LogP contribution is -2.34. The van der Waals surface area contributed by atoms with Crippen molar-refractivity contribution in [2.75, 3.05) is 20.3 Å². The fourth-order valence-electron chi connectivity index (χ4n) is 3.77. The van der Waals surface area contributed by atoms with Gasteiger partial charge in [0.15, 0.2) is 0 Å².